The maximum Gasteiger partial charge on any atom is 0.326 e. The summed E-state index contributed by atoms with van der Waals surface area (Å²) < 4.78 is 36.1. The number of ether oxygens (including phenoxy) is 1. The molecule has 2 aromatic rings. The predicted molar refractivity (Wildman–Crippen MR) is 118 cm³/mol. The molecule has 1 aliphatic carbocycles. The first kappa shape index (κ1) is 22.4. The van der Waals surface area contributed by atoms with Gasteiger partial charge in [0.05, 0.1) is 35.4 Å². The number of rotatable bonds is 6. The second-order valence-electron chi connectivity index (χ2n) is 7.95. The second kappa shape index (κ2) is 9.00. The highest BCUT2D eigenvalue weighted by atomic mass is 35.5. The van der Waals surface area contributed by atoms with E-state index in [0.29, 0.717) is 16.3 Å². The van der Waals surface area contributed by atoms with E-state index in [2.05, 4.69) is 5.32 Å². The van der Waals surface area contributed by atoms with E-state index in [1.165, 1.54) is 6.08 Å². The Morgan fingerprint density at radius 1 is 1.12 bits per heavy atom. The Labute approximate surface area is 190 Å². The molecule has 0 spiro atoms. The van der Waals surface area contributed by atoms with Crippen molar-refractivity contribution in [1.29, 1.82) is 0 Å². The Bertz CT molecular complexity index is 1020. The number of benzene rings is 2. The molecule has 4 rings (SSSR count). The number of anilines is 1. The molecule has 2 atom stereocenters. The van der Waals surface area contributed by atoms with Crippen molar-refractivity contribution in [3.63, 3.8) is 0 Å². The van der Waals surface area contributed by atoms with Gasteiger partial charge in [0.25, 0.3) is 5.91 Å². The molecular weight excluding hydrogens is 438 g/mol. The van der Waals surface area contributed by atoms with Gasteiger partial charge in [-0.1, -0.05) is 60.1 Å². The third-order valence-corrected chi connectivity index (χ3v) is 6.33. The van der Waals surface area contributed by atoms with Crippen LogP contribution < -0.4 is 5.32 Å². The number of allylic oxidation sites excluding steroid dienone is 1. The summed E-state index contributed by atoms with van der Waals surface area (Å²) in [6, 6.07) is 14.5. The van der Waals surface area contributed by atoms with Gasteiger partial charge in [0, 0.05) is 19.5 Å². The fraction of sp³-hybridized carbons (Fsp3) is 0.333. The highest BCUT2D eigenvalue weighted by Crippen LogP contribution is 2.45. The van der Waals surface area contributed by atoms with Crippen LogP contribution in [0, 0.1) is 0 Å². The summed E-state index contributed by atoms with van der Waals surface area (Å²) in [6.07, 6.45) is 1.90. The Balaban J connectivity index is 1.73. The largest absolute Gasteiger partial charge is 0.378 e. The minimum atomic E-state index is -3.75. The Morgan fingerprint density at radius 2 is 1.78 bits per heavy atom. The molecule has 1 N–H and O–H groups in total. The monoisotopic (exact) mass is 460 g/mol. The van der Waals surface area contributed by atoms with Crippen molar-refractivity contribution in [3.8, 4) is 0 Å². The topological polar surface area (TPSA) is 58.6 Å². The summed E-state index contributed by atoms with van der Waals surface area (Å²) in [5.74, 6) is -5.52. The normalized spacial score (nSPS) is 23.4. The number of alkyl halides is 2. The Morgan fingerprint density at radius 3 is 2.47 bits per heavy atom. The van der Waals surface area contributed by atoms with Crippen LogP contribution in [0.5, 0.6) is 0 Å². The summed E-state index contributed by atoms with van der Waals surface area (Å²) in [6.45, 7) is 0.617. The van der Waals surface area contributed by atoms with Crippen molar-refractivity contribution in [2.45, 2.75) is 23.8 Å². The van der Waals surface area contributed by atoms with E-state index in [0.717, 1.165) is 4.90 Å². The molecule has 0 saturated carbocycles. The van der Waals surface area contributed by atoms with E-state index in [1.54, 1.807) is 60.7 Å². The molecule has 2 aromatic carbocycles. The number of amides is 1. The average molecular weight is 461 g/mol. The van der Waals surface area contributed by atoms with Crippen molar-refractivity contribution in [1.82, 2.24) is 4.90 Å². The van der Waals surface area contributed by atoms with Crippen LogP contribution in [-0.4, -0.2) is 54.9 Å². The molecule has 1 saturated heterocycles. The van der Waals surface area contributed by atoms with E-state index in [1.807, 2.05) is 0 Å². The fourth-order valence-electron chi connectivity index (χ4n) is 4.35. The van der Waals surface area contributed by atoms with Crippen LogP contribution in [0.25, 0.3) is 0 Å². The Kier molecular flexibility index (Phi) is 6.31. The molecule has 5 nitrogen and oxygen atoms in total. The van der Waals surface area contributed by atoms with Gasteiger partial charge < -0.3 is 15.0 Å². The quantitative estimate of drug-likeness (QED) is 0.705. The number of nitrogens with one attached hydrogen (secondary N) is 1. The third-order valence-electron chi connectivity index (χ3n) is 6.00. The first-order valence-corrected chi connectivity index (χ1v) is 10.8. The van der Waals surface area contributed by atoms with Crippen LogP contribution in [0.4, 0.5) is 14.5 Å². The molecule has 1 fully saturated rings. The molecular formula is C24H23ClF2N2O3. The molecule has 0 bridgehead atoms. The molecule has 1 amide bonds. The first-order chi connectivity index (χ1) is 15.3. The van der Waals surface area contributed by atoms with Crippen molar-refractivity contribution >= 4 is 29.0 Å². The van der Waals surface area contributed by atoms with Crippen LogP contribution in [0.15, 0.2) is 66.7 Å². The molecule has 1 heterocycles. The maximum absolute atomic E-state index is 15.5. The van der Waals surface area contributed by atoms with Gasteiger partial charge in [0.2, 0.25) is 0 Å². The zero-order valence-electron chi connectivity index (χ0n) is 17.3. The van der Waals surface area contributed by atoms with Gasteiger partial charge in [0.1, 0.15) is 0 Å². The molecule has 1 aliphatic heterocycles. The number of para-hydroxylation sites is 1. The van der Waals surface area contributed by atoms with Gasteiger partial charge in [-0.25, -0.2) is 0 Å². The first-order valence-electron chi connectivity index (χ1n) is 10.4. The van der Waals surface area contributed by atoms with Crippen LogP contribution in [0.3, 0.4) is 0 Å². The fourth-order valence-corrected chi connectivity index (χ4v) is 4.54. The lowest BCUT2D eigenvalue weighted by atomic mass is 9.70. The summed E-state index contributed by atoms with van der Waals surface area (Å²) >= 11 is 6.27. The molecule has 0 unspecified atom stereocenters. The van der Waals surface area contributed by atoms with E-state index < -0.39 is 35.5 Å². The zero-order chi connectivity index (χ0) is 22.8. The van der Waals surface area contributed by atoms with Gasteiger partial charge in [0.15, 0.2) is 5.78 Å². The molecule has 0 aromatic heterocycles. The number of carbonyl (C=O) groups excluding carboxylic acids is 2. The lowest BCUT2D eigenvalue weighted by Crippen LogP contribution is -2.55. The van der Waals surface area contributed by atoms with Crippen LogP contribution in [-0.2, 0) is 19.7 Å². The summed E-state index contributed by atoms with van der Waals surface area (Å²) in [7, 11) is 0. The highest BCUT2D eigenvalue weighted by Gasteiger charge is 2.57. The van der Waals surface area contributed by atoms with Gasteiger partial charge in [-0.15, -0.1) is 0 Å². The number of hydrogen-bond donors (Lipinski definition) is 1. The van der Waals surface area contributed by atoms with Gasteiger partial charge >= 0.3 is 5.92 Å². The molecule has 0 radical (unpaired) electrons. The number of morpholine rings is 1. The SMILES string of the molecule is O=C(N1CCOCC1)C(F)(F)C[C@]1(c2ccccc2)C(=O)C=C[C@H]1Nc1ccccc1Cl. The number of hydrogen-bond acceptors (Lipinski definition) is 4. The van der Waals surface area contributed by atoms with Crippen LogP contribution in [0.2, 0.25) is 5.02 Å². The van der Waals surface area contributed by atoms with Crippen molar-refractivity contribution < 1.29 is 23.1 Å². The van der Waals surface area contributed by atoms with Gasteiger partial charge in [-0.05, 0) is 23.8 Å². The lowest BCUT2D eigenvalue weighted by molar-refractivity contribution is -0.165. The lowest BCUT2D eigenvalue weighted by Gasteiger charge is -2.39. The van der Waals surface area contributed by atoms with Crippen molar-refractivity contribution in [2.75, 3.05) is 31.6 Å². The molecule has 32 heavy (non-hydrogen) atoms. The van der Waals surface area contributed by atoms with Crippen molar-refractivity contribution in [2.24, 2.45) is 0 Å². The standard InChI is InChI=1S/C24H23ClF2N2O3/c25-18-8-4-5-9-19(18)28-20-10-11-21(30)23(20,17-6-2-1-3-7-17)16-24(26,27)22(31)29-12-14-32-15-13-29/h1-11,20,28H,12-16H2/t20-,23-/m1/s1. The number of halogens is 3. The van der Waals surface area contributed by atoms with E-state index in [-0.39, 0.29) is 26.3 Å². The number of carbonyl (C=O) groups is 2. The van der Waals surface area contributed by atoms with E-state index >= 15 is 8.78 Å². The summed E-state index contributed by atoms with van der Waals surface area (Å²) in [5.41, 5.74) is -0.748. The maximum atomic E-state index is 15.5. The summed E-state index contributed by atoms with van der Waals surface area (Å²) in [5, 5.41) is 3.55. The van der Waals surface area contributed by atoms with E-state index in [4.69, 9.17) is 16.3 Å². The van der Waals surface area contributed by atoms with Crippen LogP contribution >= 0.6 is 11.6 Å². The zero-order valence-corrected chi connectivity index (χ0v) is 18.0. The number of ketones is 1. The van der Waals surface area contributed by atoms with Gasteiger partial charge in [-0.2, -0.15) is 8.78 Å². The molecule has 8 heteroatoms. The predicted octanol–water partition coefficient (Wildman–Crippen LogP) is 4.08. The van der Waals surface area contributed by atoms with Crippen molar-refractivity contribution in [3.05, 3.63) is 77.3 Å². The molecule has 168 valence electrons. The van der Waals surface area contributed by atoms with E-state index in [9.17, 15) is 9.59 Å². The average Bonchev–Trinajstić information content (AvgIpc) is 3.11. The summed E-state index contributed by atoms with van der Waals surface area (Å²) in [4.78, 5) is 27.1. The van der Waals surface area contributed by atoms with Crippen LogP contribution in [0.1, 0.15) is 12.0 Å². The Hall–Kier alpha value is -2.77. The highest BCUT2D eigenvalue weighted by molar-refractivity contribution is 6.33. The minimum Gasteiger partial charge on any atom is -0.378 e. The third kappa shape index (κ3) is 4.14. The molecule has 2 aliphatic rings. The van der Waals surface area contributed by atoms with Gasteiger partial charge in [-0.3, -0.25) is 9.59 Å². The minimum absolute atomic E-state index is 0.0975. The second-order valence-corrected chi connectivity index (χ2v) is 8.36. The smallest absolute Gasteiger partial charge is 0.326 e. The number of nitrogens with zero attached hydrogens (tertiary/aromatic N) is 1.